The van der Waals surface area contributed by atoms with Crippen molar-refractivity contribution < 1.29 is 23.8 Å². The van der Waals surface area contributed by atoms with Gasteiger partial charge >= 0.3 is 0 Å². The molecule has 11 heteroatoms. The van der Waals surface area contributed by atoms with E-state index in [1.807, 2.05) is 11.4 Å². The molecule has 0 aliphatic carbocycles. The number of fused-ring (bicyclic) bond motifs is 1. The summed E-state index contributed by atoms with van der Waals surface area (Å²) < 4.78 is 16.5. The first-order valence-corrected chi connectivity index (χ1v) is 13.3. The van der Waals surface area contributed by atoms with Crippen LogP contribution in [0.4, 0.5) is 10.8 Å². The average molecular weight is 515 g/mol. The maximum atomic E-state index is 12.9. The number of aromatic nitrogens is 1. The predicted octanol–water partition coefficient (Wildman–Crippen LogP) is 3.75. The van der Waals surface area contributed by atoms with Crippen molar-refractivity contribution in [2.75, 3.05) is 56.7 Å². The second-order valence-corrected chi connectivity index (χ2v) is 9.91. The minimum absolute atomic E-state index is 0.200. The van der Waals surface area contributed by atoms with Gasteiger partial charge in [-0.3, -0.25) is 19.8 Å². The van der Waals surface area contributed by atoms with E-state index in [9.17, 15) is 9.59 Å². The third-order valence-corrected chi connectivity index (χ3v) is 7.45. The van der Waals surface area contributed by atoms with Crippen LogP contribution in [0.25, 0.3) is 0 Å². The molecular weight excluding hydrogens is 488 g/mol. The number of hydrogen-bond acceptors (Lipinski definition) is 9. The average Bonchev–Trinajstić information content (AvgIpc) is 3.54. The molecule has 0 spiro atoms. The lowest BCUT2D eigenvalue weighted by molar-refractivity contribution is 0.0374. The summed E-state index contributed by atoms with van der Waals surface area (Å²) in [6.45, 7) is 5.48. The van der Waals surface area contributed by atoms with E-state index in [-0.39, 0.29) is 17.5 Å². The zero-order chi connectivity index (χ0) is 24.0. The van der Waals surface area contributed by atoms with Crippen molar-refractivity contribution >= 4 is 45.3 Å². The topological polar surface area (TPSA) is 102 Å². The molecule has 1 aromatic carbocycles. The fourth-order valence-electron chi connectivity index (χ4n) is 3.96. The fourth-order valence-corrected chi connectivity index (χ4v) is 5.49. The highest BCUT2D eigenvalue weighted by molar-refractivity contribution is 7.14. The number of rotatable bonds is 8. The smallest absolute Gasteiger partial charge is 0.275 e. The summed E-state index contributed by atoms with van der Waals surface area (Å²) in [4.78, 5) is 32.9. The van der Waals surface area contributed by atoms with Gasteiger partial charge in [0.15, 0.2) is 16.6 Å². The minimum Gasteiger partial charge on any atom is -0.486 e. The third kappa shape index (κ3) is 5.99. The van der Waals surface area contributed by atoms with Crippen LogP contribution in [0.5, 0.6) is 11.5 Å². The molecule has 0 saturated carbocycles. The van der Waals surface area contributed by atoms with E-state index in [2.05, 4.69) is 20.5 Å². The number of hydrogen-bond donors (Lipinski definition) is 2. The monoisotopic (exact) mass is 514 g/mol. The first kappa shape index (κ1) is 23.7. The second-order valence-electron chi connectivity index (χ2n) is 8.14. The molecule has 1 fully saturated rings. The molecule has 0 unspecified atom stereocenters. The molecular formula is C24H26N4O5S2. The highest BCUT2D eigenvalue weighted by atomic mass is 32.1. The van der Waals surface area contributed by atoms with Crippen LogP contribution in [0.1, 0.15) is 32.1 Å². The number of ether oxygens (including phenoxy) is 3. The van der Waals surface area contributed by atoms with E-state index in [1.165, 1.54) is 22.7 Å². The quantitative estimate of drug-likeness (QED) is 0.472. The summed E-state index contributed by atoms with van der Waals surface area (Å²) in [5.74, 6) is 0.687. The van der Waals surface area contributed by atoms with Crippen LogP contribution in [-0.2, 0) is 11.2 Å². The molecule has 35 heavy (non-hydrogen) atoms. The van der Waals surface area contributed by atoms with Crippen molar-refractivity contribution in [3.63, 3.8) is 0 Å². The molecule has 0 atom stereocenters. The third-order valence-electron chi connectivity index (χ3n) is 5.73. The molecule has 2 aliphatic rings. The first-order chi connectivity index (χ1) is 17.2. The molecule has 2 aliphatic heterocycles. The summed E-state index contributed by atoms with van der Waals surface area (Å²) >= 11 is 2.64. The van der Waals surface area contributed by atoms with E-state index >= 15 is 0 Å². The van der Waals surface area contributed by atoms with Crippen LogP contribution in [0.3, 0.4) is 0 Å². The fraction of sp³-hybridized carbons (Fsp3) is 0.375. The summed E-state index contributed by atoms with van der Waals surface area (Å²) in [6.07, 6.45) is 1.82. The van der Waals surface area contributed by atoms with Gasteiger partial charge in [0.2, 0.25) is 0 Å². The van der Waals surface area contributed by atoms with Crippen LogP contribution in [-0.4, -0.2) is 67.8 Å². The van der Waals surface area contributed by atoms with Crippen LogP contribution in [0, 0.1) is 0 Å². The molecule has 184 valence electrons. The van der Waals surface area contributed by atoms with Crippen molar-refractivity contribution in [1.29, 1.82) is 0 Å². The number of morpholine rings is 1. The van der Waals surface area contributed by atoms with E-state index in [1.54, 1.807) is 23.6 Å². The zero-order valence-electron chi connectivity index (χ0n) is 19.1. The van der Waals surface area contributed by atoms with Gasteiger partial charge in [0.25, 0.3) is 11.8 Å². The van der Waals surface area contributed by atoms with Crippen LogP contribution in [0.2, 0.25) is 0 Å². The maximum Gasteiger partial charge on any atom is 0.275 e. The highest BCUT2D eigenvalue weighted by Crippen LogP contribution is 2.33. The Morgan fingerprint density at radius 1 is 0.971 bits per heavy atom. The zero-order valence-corrected chi connectivity index (χ0v) is 20.7. The van der Waals surface area contributed by atoms with E-state index < -0.39 is 0 Å². The van der Waals surface area contributed by atoms with Crippen LogP contribution >= 0.6 is 22.7 Å². The molecule has 2 N–H and O–H groups in total. The molecule has 9 nitrogen and oxygen atoms in total. The first-order valence-electron chi connectivity index (χ1n) is 11.5. The van der Waals surface area contributed by atoms with Crippen molar-refractivity contribution in [3.05, 3.63) is 51.2 Å². The summed E-state index contributed by atoms with van der Waals surface area (Å²) in [6, 6.07) is 7.24. The Bertz CT molecular complexity index is 1190. The van der Waals surface area contributed by atoms with Gasteiger partial charge < -0.3 is 19.5 Å². The van der Waals surface area contributed by atoms with E-state index in [0.29, 0.717) is 40.4 Å². The SMILES string of the molecule is O=C(Nc1ccc2c(c1)OCCO2)c1csc(NC(=O)c2sccc2CCCN2CCOCC2)n1. The van der Waals surface area contributed by atoms with Gasteiger partial charge in [0.05, 0.1) is 18.1 Å². The Morgan fingerprint density at radius 2 is 1.80 bits per heavy atom. The number of carbonyl (C=O) groups excluding carboxylic acids is 2. The van der Waals surface area contributed by atoms with Gasteiger partial charge in [-0.25, -0.2) is 4.98 Å². The number of benzene rings is 1. The molecule has 0 radical (unpaired) electrons. The summed E-state index contributed by atoms with van der Waals surface area (Å²) in [5, 5.41) is 9.60. The standard InChI is InChI=1S/C24H26N4O5S2/c29-22(25-17-3-4-19-20(14-17)33-12-11-32-19)18-15-35-24(26-18)27-23(30)21-16(5-13-34-21)2-1-6-28-7-9-31-10-8-28/h3-5,13-15H,1-2,6-12H2,(H,25,29)(H,26,27,30). The van der Waals surface area contributed by atoms with E-state index in [0.717, 1.165) is 51.3 Å². The van der Waals surface area contributed by atoms with Gasteiger partial charge in [0, 0.05) is 30.2 Å². The Balaban J connectivity index is 1.15. The molecule has 3 aromatic rings. The summed E-state index contributed by atoms with van der Waals surface area (Å²) in [5.41, 5.74) is 1.85. The number of nitrogens with one attached hydrogen (secondary N) is 2. The number of nitrogens with zero attached hydrogens (tertiary/aromatic N) is 2. The normalized spacial score (nSPS) is 15.5. The predicted molar refractivity (Wildman–Crippen MR) is 135 cm³/mol. The maximum absolute atomic E-state index is 12.9. The van der Waals surface area contributed by atoms with Crippen molar-refractivity contribution in [2.45, 2.75) is 12.8 Å². The number of carbonyl (C=O) groups is 2. The lowest BCUT2D eigenvalue weighted by Gasteiger charge is -2.26. The largest absolute Gasteiger partial charge is 0.486 e. The number of aryl methyl sites for hydroxylation is 1. The van der Waals surface area contributed by atoms with Gasteiger partial charge in [-0.2, -0.15) is 0 Å². The Labute approximate surface area is 211 Å². The Hall–Kier alpha value is -2.99. The molecule has 1 saturated heterocycles. The molecule has 2 amide bonds. The van der Waals surface area contributed by atoms with Gasteiger partial charge in [-0.1, -0.05) is 0 Å². The van der Waals surface area contributed by atoms with Gasteiger partial charge in [0.1, 0.15) is 18.9 Å². The van der Waals surface area contributed by atoms with Crippen molar-refractivity contribution in [1.82, 2.24) is 9.88 Å². The Morgan fingerprint density at radius 3 is 2.66 bits per heavy atom. The molecule has 4 heterocycles. The highest BCUT2D eigenvalue weighted by Gasteiger charge is 2.18. The number of thiophene rings is 1. The lowest BCUT2D eigenvalue weighted by atomic mass is 10.1. The van der Waals surface area contributed by atoms with Crippen LogP contribution < -0.4 is 20.1 Å². The Kier molecular flexibility index (Phi) is 7.57. The summed E-state index contributed by atoms with van der Waals surface area (Å²) in [7, 11) is 0. The lowest BCUT2D eigenvalue weighted by Crippen LogP contribution is -2.36. The van der Waals surface area contributed by atoms with Crippen molar-refractivity contribution in [2.24, 2.45) is 0 Å². The van der Waals surface area contributed by atoms with Crippen molar-refractivity contribution in [3.8, 4) is 11.5 Å². The van der Waals surface area contributed by atoms with Gasteiger partial charge in [-0.05, 0) is 48.5 Å². The van der Waals surface area contributed by atoms with Crippen LogP contribution in [0.15, 0.2) is 35.0 Å². The number of amides is 2. The molecule has 0 bridgehead atoms. The minimum atomic E-state index is -0.363. The number of anilines is 2. The van der Waals surface area contributed by atoms with E-state index in [4.69, 9.17) is 14.2 Å². The second kappa shape index (κ2) is 11.2. The van der Waals surface area contributed by atoms with Gasteiger partial charge in [-0.15, -0.1) is 22.7 Å². The molecule has 5 rings (SSSR count). The number of thiazole rings is 1. The molecule has 2 aromatic heterocycles.